The van der Waals surface area contributed by atoms with Crippen LogP contribution in [0, 0.1) is 23.6 Å². The molecule has 0 aromatic carbocycles. The third kappa shape index (κ3) is 3.44. The highest BCUT2D eigenvalue weighted by molar-refractivity contribution is 6.48. The molecule has 6 rings (SSSR count). The van der Waals surface area contributed by atoms with Crippen LogP contribution in [-0.2, 0) is 11.2 Å². The van der Waals surface area contributed by atoms with E-state index in [1.54, 1.807) is 19.4 Å². The molecule has 1 amide bonds. The van der Waals surface area contributed by atoms with Crippen molar-refractivity contribution < 1.29 is 9.18 Å². The van der Waals surface area contributed by atoms with Gasteiger partial charge in [-0.05, 0) is 37.2 Å². The number of rotatable bonds is 5. The Morgan fingerprint density at radius 1 is 1.38 bits per heavy atom. The van der Waals surface area contributed by atoms with Crippen molar-refractivity contribution in [2.45, 2.75) is 19.3 Å². The van der Waals surface area contributed by atoms with Crippen molar-refractivity contribution in [2.75, 3.05) is 7.05 Å². The van der Waals surface area contributed by atoms with Crippen molar-refractivity contribution in [3.05, 3.63) is 59.6 Å². The Hall–Kier alpha value is -3.26. The average molecular weight is 453 g/mol. The summed E-state index contributed by atoms with van der Waals surface area (Å²) in [5, 5.41) is 3.72. The second-order valence-corrected chi connectivity index (χ2v) is 8.73. The van der Waals surface area contributed by atoms with E-state index in [1.807, 2.05) is 0 Å². The topological polar surface area (TPSA) is 110 Å². The van der Waals surface area contributed by atoms with Gasteiger partial charge in [0.15, 0.2) is 5.82 Å². The summed E-state index contributed by atoms with van der Waals surface area (Å²) in [4.78, 5) is 28.9. The zero-order chi connectivity index (χ0) is 22.4. The first-order valence-electron chi connectivity index (χ1n) is 10.5. The van der Waals surface area contributed by atoms with Gasteiger partial charge in [0.25, 0.3) is 0 Å². The maximum absolute atomic E-state index is 13.8. The number of allylic oxidation sites excluding steroid dienone is 1. The molecule has 1 saturated carbocycles. The lowest BCUT2D eigenvalue weighted by Crippen LogP contribution is -2.43. The van der Waals surface area contributed by atoms with Crippen LogP contribution in [0.3, 0.4) is 0 Å². The fourth-order valence-electron chi connectivity index (χ4n) is 4.83. The molecule has 3 aromatic rings. The van der Waals surface area contributed by atoms with E-state index in [-0.39, 0.29) is 17.7 Å². The number of aromatic amines is 1. The van der Waals surface area contributed by atoms with Crippen LogP contribution < -0.4 is 11.1 Å². The Labute approximate surface area is 189 Å². The van der Waals surface area contributed by atoms with Gasteiger partial charge in [0.05, 0.1) is 22.8 Å². The predicted molar refractivity (Wildman–Crippen MR) is 121 cm³/mol. The first-order chi connectivity index (χ1) is 15.5. The molecule has 7 nitrogen and oxygen atoms in total. The van der Waals surface area contributed by atoms with Crippen molar-refractivity contribution >= 4 is 33.6 Å². The Balaban J connectivity index is 1.58. The first-order valence-corrected chi connectivity index (χ1v) is 10.8. The molecule has 3 aliphatic carbocycles. The van der Waals surface area contributed by atoms with Gasteiger partial charge in [-0.1, -0.05) is 23.3 Å². The molecule has 0 aliphatic heterocycles. The Morgan fingerprint density at radius 3 is 2.94 bits per heavy atom. The van der Waals surface area contributed by atoms with Crippen molar-refractivity contribution in [1.29, 1.82) is 0 Å². The molecule has 0 saturated heterocycles. The summed E-state index contributed by atoms with van der Waals surface area (Å²) in [6.45, 7) is 0. The molecule has 2 bridgehead atoms. The number of halogens is 2. The molecule has 0 radical (unpaired) electrons. The van der Waals surface area contributed by atoms with Crippen LogP contribution in [0.25, 0.3) is 27.5 Å². The second kappa shape index (κ2) is 8.02. The molecule has 4 N–H and O–H groups in total. The number of carbonyl (C=O) groups is 1. The van der Waals surface area contributed by atoms with Crippen LogP contribution in [0.15, 0.2) is 42.5 Å². The van der Waals surface area contributed by atoms with Gasteiger partial charge in [0, 0.05) is 42.2 Å². The van der Waals surface area contributed by atoms with Crippen molar-refractivity contribution in [3.63, 3.8) is 0 Å². The zero-order valence-corrected chi connectivity index (χ0v) is 18.2. The highest BCUT2D eigenvalue weighted by Crippen LogP contribution is 2.49. The normalized spacial score (nSPS) is 22.4. The van der Waals surface area contributed by atoms with Crippen LogP contribution in [-0.4, -0.2) is 32.9 Å². The quantitative estimate of drug-likeness (QED) is 0.513. The molecule has 3 heterocycles. The fraction of sp³-hybridized carbons (Fsp3) is 0.304. The van der Waals surface area contributed by atoms with Crippen molar-refractivity contribution in [3.8, 4) is 11.4 Å². The van der Waals surface area contributed by atoms with E-state index in [0.717, 1.165) is 19.0 Å². The lowest BCUT2D eigenvalue weighted by molar-refractivity contribution is -0.126. The van der Waals surface area contributed by atoms with Crippen LogP contribution in [0.1, 0.15) is 24.1 Å². The van der Waals surface area contributed by atoms with Crippen LogP contribution in [0.4, 0.5) is 4.39 Å². The van der Waals surface area contributed by atoms with E-state index in [1.165, 1.54) is 17.8 Å². The van der Waals surface area contributed by atoms with E-state index in [4.69, 9.17) is 22.3 Å². The van der Waals surface area contributed by atoms with Crippen LogP contribution >= 0.6 is 11.6 Å². The third-order valence-corrected chi connectivity index (χ3v) is 6.85. The summed E-state index contributed by atoms with van der Waals surface area (Å²) in [7, 11) is 1.66. The second-order valence-electron chi connectivity index (χ2n) is 8.32. The van der Waals surface area contributed by atoms with Crippen molar-refractivity contribution in [1.82, 2.24) is 25.3 Å². The number of hydrogen-bond donors (Lipinski definition) is 3. The average Bonchev–Trinajstić information content (AvgIpc) is 3.20. The number of aromatic nitrogens is 4. The minimum atomic E-state index is -0.437. The monoisotopic (exact) mass is 452 g/mol. The minimum absolute atomic E-state index is 0.00590. The maximum atomic E-state index is 13.8. The van der Waals surface area contributed by atoms with E-state index in [0.29, 0.717) is 51.0 Å². The largest absolute Gasteiger partial charge is 0.403 e. The summed E-state index contributed by atoms with van der Waals surface area (Å²) in [6, 6.07) is 1.40. The number of hydrogen-bond acceptors (Lipinski definition) is 5. The van der Waals surface area contributed by atoms with Gasteiger partial charge in [-0.2, -0.15) is 0 Å². The number of H-pyrrole nitrogens is 1. The van der Waals surface area contributed by atoms with Crippen LogP contribution in [0.5, 0.6) is 0 Å². The predicted octanol–water partition coefficient (Wildman–Crippen LogP) is 3.53. The number of nitrogens with one attached hydrogen (secondary N) is 2. The molecule has 32 heavy (non-hydrogen) atoms. The summed E-state index contributed by atoms with van der Waals surface area (Å²) in [6.07, 6.45) is 10.5. The van der Waals surface area contributed by atoms with Crippen LogP contribution in [0.2, 0.25) is 0 Å². The SMILES string of the molecule is CNC(=O)[C@H]1C=C2CC(C2)[C@@H]1Cc1nc(-c2c[nH]c3ncc(F)cc23)ncc1/C(Cl)=C\N. The van der Waals surface area contributed by atoms with Gasteiger partial charge >= 0.3 is 0 Å². The number of nitrogens with zero attached hydrogens (tertiary/aromatic N) is 3. The fourth-order valence-corrected chi connectivity index (χ4v) is 4.99. The van der Waals surface area contributed by atoms with E-state index >= 15 is 0 Å². The van der Waals surface area contributed by atoms with E-state index in [9.17, 15) is 9.18 Å². The molecule has 9 heteroatoms. The summed E-state index contributed by atoms with van der Waals surface area (Å²) < 4.78 is 13.8. The molecule has 164 valence electrons. The number of amides is 1. The molecule has 1 fully saturated rings. The summed E-state index contributed by atoms with van der Waals surface area (Å²) in [5.41, 5.74) is 9.56. The molecule has 2 atom stereocenters. The number of carbonyl (C=O) groups excluding carboxylic acids is 1. The molecule has 3 aromatic heterocycles. The van der Waals surface area contributed by atoms with Gasteiger partial charge in [-0.25, -0.2) is 19.3 Å². The van der Waals surface area contributed by atoms with Gasteiger partial charge in [-0.3, -0.25) is 4.79 Å². The summed E-state index contributed by atoms with van der Waals surface area (Å²) >= 11 is 6.38. The Bertz CT molecular complexity index is 1270. The van der Waals surface area contributed by atoms with Gasteiger partial charge < -0.3 is 16.0 Å². The number of pyridine rings is 1. The Morgan fingerprint density at radius 2 is 2.19 bits per heavy atom. The minimum Gasteiger partial charge on any atom is -0.403 e. The first kappa shape index (κ1) is 20.6. The smallest absolute Gasteiger partial charge is 0.226 e. The number of fused-ring (bicyclic) bond motifs is 3. The van der Waals surface area contributed by atoms with Gasteiger partial charge in [-0.15, -0.1) is 0 Å². The standard InChI is InChI=1S/C23H22ClFN6O/c1-27-23(32)16-4-11-2-12(3-11)14(16)6-20-18(19(24)7-26)10-30-22(31-20)17-9-29-21-15(17)5-13(25)8-28-21/h4-5,7-10,12,14,16H,2-3,6,26H2,1H3,(H,27,32)(H,28,29)/b19-7+/t14-,16-/m0/s1. The maximum Gasteiger partial charge on any atom is 0.226 e. The van der Waals surface area contributed by atoms with Gasteiger partial charge in [0.2, 0.25) is 5.91 Å². The highest BCUT2D eigenvalue weighted by atomic mass is 35.5. The zero-order valence-electron chi connectivity index (χ0n) is 17.4. The van der Waals surface area contributed by atoms with E-state index in [2.05, 4.69) is 26.3 Å². The van der Waals surface area contributed by atoms with Crippen molar-refractivity contribution in [2.24, 2.45) is 23.5 Å². The lowest BCUT2D eigenvalue weighted by atomic mass is 9.60. The molecule has 3 aliphatic rings. The van der Waals surface area contributed by atoms with E-state index < -0.39 is 5.82 Å². The highest BCUT2D eigenvalue weighted by Gasteiger charge is 2.43. The molecular formula is C23H22ClFN6O. The summed E-state index contributed by atoms with van der Waals surface area (Å²) in [5.74, 6) is 0.314. The third-order valence-electron chi connectivity index (χ3n) is 6.52. The Kier molecular flexibility index (Phi) is 5.17. The molecule has 0 spiro atoms. The van der Waals surface area contributed by atoms with Gasteiger partial charge in [0.1, 0.15) is 11.5 Å². The number of nitrogens with two attached hydrogens (primary N) is 1. The molecule has 0 unspecified atom stereocenters. The molecular weight excluding hydrogens is 431 g/mol. The lowest BCUT2D eigenvalue weighted by Gasteiger charge is -2.44.